The van der Waals surface area contributed by atoms with E-state index in [0.717, 1.165) is 5.01 Å². The zero-order valence-electron chi connectivity index (χ0n) is 15.0. The number of carbonyl (C=O) groups excluding carboxylic acids is 2. The lowest BCUT2D eigenvalue weighted by Crippen LogP contribution is -2.51. The highest BCUT2D eigenvalue weighted by Gasteiger charge is 2.39. The lowest BCUT2D eigenvalue weighted by molar-refractivity contribution is -0.136. The monoisotopic (exact) mass is 389 g/mol. The SMILES string of the molecule is Cc1nnc(N2CC(C(=O)N3CCN(c4ccccc4F)CC3)CC2=O)s1. The van der Waals surface area contributed by atoms with Crippen molar-refractivity contribution in [2.75, 3.05) is 42.5 Å². The van der Waals surface area contributed by atoms with Crippen molar-refractivity contribution in [2.45, 2.75) is 13.3 Å². The van der Waals surface area contributed by atoms with E-state index in [9.17, 15) is 14.0 Å². The fraction of sp³-hybridized carbons (Fsp3) is 0.444. The van der Waals surface area contributed by atoms with E-state index in [-0.39, 0.29) is 30.0 Å². The second kappa shape index (κ2) is 7.22. The van der Waals surface area contributed by atoms with Crippen LogP contribution in [0.25, 0.3) is 0 Å². The van der Waals surface area contributed by atoms with Gasteiger partial charge in [-0.2, -0.15) is 0 Å². The summed E-state index contributed by atoms with van der Waals surface area (Å²) < 4.78 is 13.9. The van der Waals surface area contributed by atoms with Gasteiger partial charge in [0.25, 0.3) is 0 Å². The van der Waals surface area contributed by atoms with E-state index in [1.54, 1.807) is 21.9 Å². The third-order valence-corrected chi connectivity index (χ3v) is 5.87. The molecule has 2 aromatic rings. The van der Waals surface area contributed by atoms with Gasteiger partial charge in [0, 0.05) is 39.1 Å². The van der Waals surface area contributed by atoms with E-state index < -0.39 is 0 Å². The first-order chi connectivity index (χ1) is 13.0. The van der Waals surface area contributed by atoms with Gasteiger partial charge in [-0.25, -0.2) is 4.39 Å². The molecule has 2 aliphatic rings. The highest BCUT2D eigenvalue weighted by Crippen LogP contribution is 2.29. The molecular weight excluding hydrogens is 369 g/mol. The summed E-state index contributed by atoms with van der Waals surface area (Å²) in [6, 6.07) is 6.68. The number of carbonyl (C=O) groups is 2. The molecule has 9 heteroatoms. The summed E-state index contributed by atoms with van der Waals surface area (Å²) in [7, 11) is 0. The zero-order chi connectivity index (χ0) is 19.0. The van der Waals surface area contributed by atoms with Crippen molar-refractivity contribution in [2.24, 2.45) is 5.92 Å². The van der Waals surface area contributed by atoms with Gasteiger partial charge in [-0.05, 0) is 19.1 Å². The summed E-state index contributed by atoms with van der Waals surface area (Å²) in [6.45, 7) is 4.38. The summed E-state index contributed by atoms with van der Waals surface area (Å²) in [4.78, 5) is 30.5. The molecule has 0 saturated carbocycles. The van der Waals surface area contributed by atoms with Crippen molar-refractivity contribution in [1.29, 1.82) is 0 Å². The third kappa shape index (κ3) is 3.51. The van der Waals surface area contributed by atoms with Crippen LogP contribution >= 0.6 is 11.3 Å². The predicted octanol–water partition coefficient (Wildman–Crippen LogP) is 1.69. The maximum Gasteiger partial charge on any atom is 0.229 e. The minimum absolute atomic E-state index is 0.0136. The molecule has 0 N–H and O–H groups in total. The van der Waals surface area contributed by atoms with Crippen LogP contribution in [0, 0.1) is 18.7 Å². The minimum atomic E-state index is -0.360. The van der Waals surface area contributed by atoms with Gasteiger partial charge >= 0.3 is 0 Å². The van der Waals surface area contributed by atoms with E-state index in [0.29, 0.717) is 43.5 Å². The highest BCUT2D eigenvalue weighted by molar-refractivity contribution is 7.15. The fourth-order valence-electron chi connectivity index (χ4n) is 3.59. The number of hydrogen-bond acceptors (Lipinski definition) is 6. The fourth-order valence-corrected chi connectivity index (χ4v) is 4.30. The lowest BCUT2D eigenvalue weighted by atomic mass is 10.1. The summed E-state index contributed by atoms with van der Waals surface area (Å²) in [5.41, 5.74) is 0.568. The summed E-state index contributed by atoms with van der Waals surface area (Å²) in [6.07, 6.45) is 0.199. The van der Waals surface area contributed by atoms with E-state index in [1.165, 1.54) is 17.4 Å². The van der Waals surface area contributed by atoms with Crippen LogP contribution in [0.3, 0.4) is 0 Å². The average molecular weight is 389 g/mol. The number of benzene rings is 1. The number of piperazine rings is 1. The minimum Gasteiger partial charge on any atom is -0.366 e. The Morgan fingerprint density at radius 1 is 1.19 bits per heavy atom. The standard InChI is InChI=1S/C18H20FN5O2S/c1-12-20-21-18(27-12)24-11-13(10-16(24)25)17(26)23-8-6-22(7-9-23)15-5-3-2-4-14(15)19/h2-5,13H,6-11H2,1H3. The molecule has 3 heterocycles. The van der Waals surface area contributed by atoms with E-state index in [1.807, 2.05) is 17.9 Å². The van der Waals surface area contributed by atoms with Gasteiger partial charge in [0.2, 0.25) is 16.9 Å². The molecule has 0 bridgehead atoms. The second-order valence-corrected chi connectivity index (χ2v) is 7.93. The van der Waals surface area contributed by atoms with Crippen molar-refractivity contribution in [3.63, 3.8) is 0 Å². The molecule has 142 valence electrons. The Labute approximate surface area is 160 Å². The Kier molecular flexibility index (Phi) is 4.77. The molecule has 2 fully saturated rings. The Balaban J connectivity index is 1.37. The van der Waals surface area contributed by atoms with Gasteiger partial charge in [-0.3, -0.25) is 14.5 Å². The van der Waals surface area contributed by atoms with Gasteiger partial charge in [-0.15, -0.1) is 10.2 Å². The van der Waals surface area contributed by atoms with Crippen LogP contribution < -0.4 is 9.80 Å². The van der Waals surface area contributed by atoms with Gasteiger partial charge in [-0.1, -0.05) is 23.5 Å². The molecular formula is C18H20FN5O2S. The largest absolute Gasteiger partial charge is 0.366 e. The number of nitrogens with zero attached hydrogens (tertiary/aromatic N) is 5. The highest BCUT2D eigenvalue weighted by atomic mass is 32.1. The molecule has 4 rings (SSSR count). The predicted molar refractivity (Wildman–Crippen MR) is 100 cm³/mol. The smallest absolute Gasteiger partial charge is 0.229 e. The molecule has 2 amide bonds. The number of aromatic nitrogens is 2. The van der Waals surface area contributed by atoms with Crippen LogP contribution in [0.4, 0.5) is 15.2 Å². The molecule has 2 aliphatic heterocycles. The quantitative estimate of drug-likeness (QED) is 0.799. The van der Waals surface area contributed by atoms with Crippen LogP contribution in [-0.2, 0) is 9.59 Å². The number of anilines is 2. The molecule has 0 aliphatic carbocycles. The molecule has 1 aromatic heterocycles. The van der Waals surface area contributed by atoms with E-state index in [4.69, 9.17) is 0 Å². The van der Waals surface area contributed by atoms with E-state index in [2.05, 4.69) is 10.2 Å². The molecule has 0 radical (unpaired) electrons. The average Bonchev–Trinajstić information content (AvgIpc) is 3.27. The van der Waals surface area contributed by atoms with Gasteiger partial charge < -0.3 is 9.80 Å². The molecule has 1 atom stereocenters. The lowest BCUT2D eigenvalue weighted by Gasteiger charge is -2.37. The Morgan fingerprint density at radius 2 is 1.93 bits per heavy atom. The molecule has 7 nitrogen and oxygen atoms in total. The first-order valence-corrected chi connectivity index (χ1v) is 9.73. The number of para-hydroxylation sites is 1. The van der Waals surface area contributed by atoms with Gasteiger partial charge in [0.05, 0.1) is 11.6 Å². The first kappa shape index (κ1) is 17.8. The molecule has 27 heavy (non-hydrogen) atoms. The number of aryl methyl sites for hydroxylation is 1. The summed E-state index contributed by atoms with van der Waals surface area (Å²) >= 11 is 1.35. The van der Waals surface area contributed by atoms with Gasteiger partial charge in [0.1, 0.15) is 10.8 Å². The normalized spacial score (nSPS) is 20.4. The first-order valence-electron chi connectivity index (χ1n) is 8.91. The molecule has 1 unspecified atom stereocenters. The zero-order valence-corrected chi connectivity index (χ0v) is 15.8. The number of halogens is 1. The molecule has 0 spiro atoms. The molecule has 1 aromatic carbocycles. The van der Waals surface area contributed by atoms with Crippen molar-refractivity contribution in [3.05, 3.63) is 35.1 Å². The van der Waals surface area contributed by atoms with Crippen LogP contribution in [0.5, 0.6) is 0 Å². The van der Waals surface area contributed by atoms with Crippen molar-refractivity contribution in [3.8, 4) is 0 Å². The van der Waals surface area contributed by atoms with Crippen LogP contribution in [0.2, 0.25) is 0 Å². The van der Waals surface area contributed by atoms with Gasteiger partial charge in [0.15, 0.2) is 0 Å². The Morgan fingerprint density at radius 3 is 2.59 bits per heavy atom. The van der Waals surface area contributed by atoms with Crippen LogP contribution in [0.15, 0.2) is 24.3 Å². The Bertz CT molecular complexity index is 865. The topological polar surface area (TPSA) is 69.6 Å². The van der Waals surface area contributed by atoms with Crippen molar-refractivity contribution >= 4 is 34.0 Å². The summed E-state index contributed by atoms with van der Waals surface area (Å²) in [5, 5.41) is 9.30. The Hall–Kier alpha value is -2.55. The molecule has 2 saturated heterocycles. The van der Waals surface area contributed by atoms with Crippen LogP contribution in [-0.4, -0.2) is 59.6 Å². The maximum absolute atomic E-state index is 13.9. The number of rotatable bonds is 3. The van der Waals surface area contributed by atoms with Crippen molar-refractivity contribution < 1.29 is 14.0 Å². The second-order valence-electron chi connectivity index (χ2n) is 6.77. The number of amides is 2. The van der Waals surface area contributed by atoms with Crippen molar-refractivity contribution in [1.82, 2.24) is 15.1 Å². The van der Waals surface area contributed by atoms with E-state index >= 15 is 0 Å². The maximum atomic E-state index is 13.9. The third-order valence-electron chi connectivity index (χ3n) is 5.01. The number of hydrogen-bond donors (Lipinski definition) is 0. The summed E-state index contributed by atoms with van der Waals surface area (Å²) in [5.74, 6) is -0.710. The van der Waals surface area contributed by atoms with Crippen LogP contribution in [0.1, 0.15) is 11.4 Å².